The predicted octanol–water partition coefficient (Wildman–Crippen LogP) is 4.90. The second-order valence-corrected chi connectivity index (χ2v) is 7.80. The van der Waals surface area contributed by atoms with Gasteiger partial charge in [-0.3, -0.25) is 0 Å². The number of nitrogens with zero attached hydrogens (tertiary/aromatic N) is 2. The van der Waals surface area contributed by atoms with Crippen LogP contribution in [0.4, 0.5) is 0 Å². The fraction of sp³-hybridized carbons (Fsp3) is 0.185. The molecule has 0 aromatic heterocycles. The molecule has 160 valence electrons. The van der Waals surface area contributed by atoms with E-state index in [0.717, 1.165) is 27.8 Å². The van der Waals surface area contributed by atoms with E-state index in [1.54, 1.807) is 0 Å². The van der Waals surface area contributed by atoms with Crippen molar-refractivity contribution in [1.82, 2.24) is 0 Å². The van der Waals surface area contributed by atoms with Crippen LogP contribution in [0, 0.1) is 0 Å². The highest BCUT2D eigenvalue weighted by molar-refractivity contribution is 6.22. The number of hydrogen-bond acceptors (Lipinski definition) is 5. The molecule has 1 N–H and O–H groups in total. The highest BCUT2D eigenvalue weighted by atomic mass is 16.5. The van der Waals surface area contributed by atoms with Crippen LogP contribution in [0.25, 0.3) is 6.08 Å². The molecule has 3 aromatic carbocycles. The molecule has 0 bridgehead atoms. The topological polar surface area (TPSA) is 63.4 Å². The van der Waals surface area contributed by atoms with E-state index < -0.39 is 0 Å². The number of benzene rings is 3. The Bertz CT molecular complexity index is 1090. The third-order valence-electron chi connectivity index (χ3n) is 5.60. The Kier molecular flexibility index (Phi) is 5.81. The Hall–Kier alpha value is -3.70. The zero-order valence-corrected chi connectivity index (χ0v) is 17.6. The Morgan fingerprint density at radius 1 is 0.750 bits per heavy atom. The summed E-state index contributed by atoms with van der Waals surface area (Å²) >= 11 is 0. The highest BCUT2D eigenvalue weighted by Crippen LogP contribution is 2.30. The Balaban J connectivity index is 1.50. The van der Waals surface area contributed by atoms with Gasteiger partial charge in [0.2, 0.25) is 11.8 Å². The van der Waals surface area contributed by atoms with Crippen molar-refractivity contribution in [3.63, 3.8) is 0 Å². The standard InChI is InChI=1S/C27H24N2O3/c30-16-20-13-11-19(12-14-20)15-23(26-28-24(17-31-26)21-7-3-1-4-8-21)27-29-25(18-32-27)22-9-5-2-6-10-22/h1-15,24-25,30H,16-18H2/t24-,25-/m0/s1. The molecule has 0 amide bonds. The first kappa shape index (κ1) is 20.2. The molecule has 5 rings (SSSR count). The monoisotopic (exact) mass is 424 g/mol. The molecule has 2 aliphatic rings. The van der Waals surface area contributed by atoms with Crippen LogP contribution in [0.1, 0.15) is 34.3 Å². The molecule has 5 heteroatoms. The van der Waals surface area contributed by atoms with Gasteiger partial charge in [-0.2, -0.15) is 0 Å². The summed E-state index contributed by atoms with van der Waals surface area (Å²) in [4.78, 5) is 9.71. The summed E-state index contributed by atoms with van der Waals surface area (Å²) in [6.07, 6.45) is 1.99. The van der Waals surface area contributed by atoms with Crippen molar-refractivity contribution in [3.05, 3.63) is 113 Å². The van der Waals surface area contributed by atoms with Crippen LogP contribution in [-0.2, 0) is 16.1 Å². The lowest BCUT2D eigenvalue weighted by atomic mass is 10.1. The van der Waals surface area contributed by atoms with E-state index in [9.17, 15) is 5.11 Å². The molecule has 0 saturated heterocycles. The van der Waals surface area contributed by atoms with Crippen LogP contribution >= 0.6 is 0 Å². The normalized spacial score (nSPS) is 19.5. The number of rotatable bonds is 6. The van der Waals surface area contributed by atoms with Crippen molar-refractivity contribution in [2.45, 2.75) is 18.7 Å². The largest absolute Gasteiger partial charge is 0.475 e. The number of aliphatic hydroxyl groups is 1. The van der Waals surface area contributed by atoms with Crippen molar-refractivity contribution in [3.8, 4) is 0 Å². The van der Waals surface area contributed by atoms with Gasteiger partial charge in [0.05, 0.1) is 12.2 Å². The molecule has 3 aromatic rings. The van der Waals surface area contributed by atoms with E-state index in [1.165, 1.54) is 0 Å². The molecular formula is C27H24N2O3. The van der Waals surface area contributed by atoms with E-state index in [4.69, 9.17) is 19.5 Å². The maximum atomic E-state index is 9.34. The van der Waals surface area contributed by atoms with Crippen molar-refractivity contribution >= 4 is 17.9 Å². The zero-order chi connectivity index (χ0) is 21.8. The molecular weight excluding hydrogens is 400 g/mol. The summed E-state index contributed by atoms with van der Waals surface area (Å²) in [6, 6.07) is 27.9. The maximum absolute atomic E-state index is 9.34. The lowest BCUT2D eigenvalue weighted by Crippen LogP contribution is -2.14. The second-order valence-electron chi connectivity index (χ2n) is 7.80. The fourth-order valence-corrected chi connectivity index (χ4v) is 3.84. The van der Waals surface area contributed by atoms with Crippen LogP contribution in [0.3, 0.4) is 0 Å². The van der Waals surface area contributed by atoms with Gasteiger partial charge in [0.1, 0.15) is 25.3 Å². The summed E-state index contributed by atoms with van der Waals surface area (Å²) < 4.78 is 12.1. The highest BCUT2D eigenvalue weighted by Gasteiger charge is 2.30. The minimum Gasteiger partial charge on any atom is -0.475 e. The maximum Gasteiger partial charge on any atom is 0.222 e. The van der Waals surface area contributed by atoms with Crippen molar-refractivity contribution < 1.29 is 14.6 Å². The molecule has 0 fully saturated rings. The predicted molar refractivity (Wildman–Crippen MR) is 125 cm³/mol. The van der Waals surface area contributed by atoms with Crippen molar-refractivity contribution in [2.24, 2.45) is 9.98 Å². The lowest BCUT2D eigenvalue weighted by molar-refractivity contribution is 0.282. The summed E-state index contributed by atoms with van der Waals surface area (Å²) in [7, 11) is 0. The molecule has 0 radical (unpaired) electrons. The van der Waals surface area contributed by atoms with Crippen LogP contribution in [0.15, 0.2) is 100 Å². The van der Waals surface area contributed by atoms with Crippen LogP contribution in [0.2, 0.25) is 0 Å². The van der Waals surface area contributed by atoms with Crippen LogP contribution < -0.4 is 0 Å². The minimum absolute atomic E-state index is 0.0139. The fourth-order valence-electron chi connectivity index (χ4n) is 3.84. The lowest BCUT2D eigenvalue weighted by Gasteiger charge is -2.08. The van der Waals surface area contributed by atoms with Gasteiger partial charge in [0.25, 0.3) is 0 Å². The molecule has 5 nitrogen and oxygen atoms in total. The molecule has 0 unspecified atom stereocenters. The van der Waals surface area contributed by atoms with Gasteiger partial charge in [-0.05, 0) is 28.3 Å². The number of ether oxygens (including phenoxy) is 2. The molecule has 2 atom stereocenters. The zero-order valence-electron chi connectivity index (χ0n) is 17.6. The third kappa shape index (κ3) is 4.34. The minimum atomic E-state index is -0.0571. The van der Waals surface area contributed by atoms with Gasteiger partial charge in [-0.1, -0.05) is 84.9 Å². The van der Waals surface area contributed by atoms with Gasteiger partial charge >= 0.3 is 0 Å². The number of aliphatic hydroxyl groups excluding tert-OH is 1. The first-order chi connectivity index (χ1) is 15.8. The van der Waals surface area contributed by atoms with Crippen LogP contribution in [0.5, 0.6) is 0 Å². The molecule has 0 spiro atoms. The quantitative estimate of drug-likeness (QED) is 0.612. The molecule has 0 saturated carbocycles. The van der Waals surface area contributed by atoms with Crippen molar-refractivity contribution in [2.75, 3.05) is 13.2 Å². The summed E-state index contributed by atoms with van der Waals surface area (Å²) in [5, 5.41) is 9.34. The number of aliphatic imine (C=N–C) groups is 2. The number of hydrogen-bond donors (Lipinski definition) is 1. The summed E-state index contributed by atoms with van der Waals surface area (Å²) in [5.74, 6) is 1.08. The van der Waals surface area contributed by atoms with Gasteiger partial charge in [-0.15, -0.1) is 0 Å². The Morgan fingerprint density at radius 2 is 1.25 bits per heavy atom. The smallest absolute Gasteiger partial charge is 0.222 e. The van der Waals surface area contributed by atoms with Crippen molar-refractivity contribution in [1.29, 1.82) is 0 Å². The Labute approximate surface area is 187 Å². The van der Waals surface area contributed by atoms with Gasteiger partial charge in [0.15, 0.2) is 0 Å². The summed E-state index contributed by atoms with van der Waals surface area (Å²) in [5.41, 5.74) is 4.79. The van der Waals surface area contributed by atoms with Crippen LogP contribution in [-0.4, -0.2) is 30.1 Å². The van der Waals surface area contributed by atoms with Gasteiger partial charge in [-0.25, -0.2) is 9.98 Å². The molecule has 0 aliphatic carbocycles. The molecule has 2 aliphatic heterocycles. The Morgan fingerprint density at radius 3 is 1.72 bits per heavy atom. The van der Waals surface area contributed by atoms with Gasteiger partial charge < -0.3 is 14.6 Å². The average molecular weight is 425 g/mol. The van der Waals surface area contributed by atoms with E-state index in [0.29, 0.717) is 25.0 Å². The average Bonchev–Trinajstić information content (AvgIpc) is 3.55. The third-order valence-corrected chi connectivity index (χ3v) is 5.60. The van der Waals surface area contributed by atoms with E-state index >= 15 is 0 Å². The van der Waals surface area contributed by atoms with E-state index in [2.05, 4.69) is 24.3 Å². The van der Waals surface area contributed by atoms with E-state index in [1.807, 2.05) is 66.7 Å². The molecule has 32 heavy (non-hydrogen) atoms. The second kappa shape index (κ2) is 9.20. The first-order valence-corrected chi connectivity index (χ1v) is 10.7. The van der Waals surface area contributed by atoms with Gasteiger partial charge in [0, 0.05) is 0 Å². The van der Waals surface area contributed by atoms with E-state index in [-0.39, 0.29) is 18.7 Å². The molecule has 2 heterocycles. The SMILES string of the molecule is OCc1ccc(C=C(C2=N[C@H](c3ccccc3)CO2)C2=N[C@H](c3ccccc3)CO2)cc1. The summed E-state index contributed by atoms with van der Waals surface area (Å²) in [6.45, 7) is 0.977. The first-order valence-electron chi connectivity index (χ1n) is 10.7.